The van der Waals surface area contributed by atoms with Crippen molar-refractivity contribution in [1.29, 1.82) is 0 Å². The predicted octanol–water partition coefficient (Wildman–Crippen LogP) is 0.564. The number of carboxylic acids is 1. The van der Waals surface area contributed by atoms with Crippen LogP contribution in [0.1, 0.15) is 10.4 Å². The zero-order valence-electron chi connectivity index (χ0n) is 8.35. The number of halogens is 2. The molecule has 92 valence electrons. The van der Waals surface area contributed by atoms with Crippen molar-refractivity contribution in [2.45, 2.75) is 6.10 Å². The topological polar surface area (TPSA) is 99.5 Å². The fourth-order valence-electron chi connectivity index (χ4n) is 0.975. The second-order valence-corrected chi connectivity index (χ2v) is 3.84. The zero-order chi connectivity index (χ0) is 13.0. The first-order valence-corrected chi connectivity index (χ1v) is 5.18. The van der Waals surface area contributed by atoms with Crippen molar-refractivity contribution in [1.82, 2.24) is 10.3 Å². The van der Waals surface area contributed by atoms with E-state index < -0.39 is 24.5 Å². The van der Waals surface area contributed by atoms with Crippen molar-refractivity contribution in [2.24, 2.45) is 0 Å². The van der Waals surface area contributed by atoms with Gasteiger partial charge in [-0.05, 0) is 12.1 Å². The van der Waals surface area contributed by atoms with E-state index >= 15 is 0 Å². The largest absolute Gasteiger partial charge is 0.479 e. The molecule has 0 unspecified atom stereocenters. The average molecular weight is 279 g/mol. The molecule has 1 aromatic rings. The van der Waals surface area contributed by atoms with Gasteiger partial charge in [-0.2, -0.15) is 0 Å². The van der Waals surface area contributed by atoms with Crippen molar-refractivity contribution in [3.05, 3.63) is 28.0 Å². The van der Waals surface area contributed by atoms with Gasteiger partial charge in [0.25, 0.3) is 5.91 Å². The van der Waals surface area contributed by atoms with Gasteiger partial charge in [0.15, 0.2) is 6.10 Å². The number of hydrogen-bond acceptors (Lipinski definition) is 4. The fourth-order valence-corrected chi connectivity index (χ4v) is 1.44. The lowest BCUT2D eigenvalue weighted by Crippen LogP contribution is -2.36. The molecule has 0 aliphatic rings. The van der Waals surface area contributed by atoms with Crippen LogP contribution in [0.4, 0.5) is 0 Å². The van der Waals surface area contributed by atoms with Crippen LogP contribution in [0.25, 0.3) is 0 Å². The summed E-state index contributed by atoms with van der Waals surface area (Å²) in [5.41, 5.74) is 0.132. The summed E-state index contributed by atoms with van der Waals surface area (Å²) in [5.74, 6) is -2.02. The predicted molar refractivity (Wildman–Crippen MR) is 60.2 cm³/mol. The molecule has 1 aromatic heterocycles. The van der Waals surface area contributed by atoms with E-state index in [1.807, 2.05) is 0 Å². The van der Waals surface area contributed by atoms with E-state index in [-0.39, 0.29) is 15.9 Å². The Morgan fingerprint density at radius 2 is 1.88 bits per heavy atom. The summed E-state index contributed by atoms with van der Waals surface area (Å²) in [5, 5.41) is 19.7. The first-order valence-electron chi connectivity index (χ1n) is 4.42. The number of nitrogens with one attached hydrogen (secondary N) is 1. The highest BCUT2D eigenvalue weighted by atomic mass is 35.5. The normalized spacial score (nSPS) is 11.9. The third kappa shape index (κ3) is 4.18. The molecule has 1 rings (SSSR count). The minimum atomic E-state index is -1.66. The van der Waals surface area contributed by atoms with Crippen LogP contribution in [0.2, 0.25) is 10.3 Å². The Bertz CT molecular complexity index is 432. The Kier molecular flexibility index (Phi) is 4.68. The minimum absolute atomic E-state index is 0.0430. The van der Waals surface area contributed by atoms with Crippen molar-refractivity contribution >= 4 is 35.1 Å². The van der Waals surface area contributed by atoms with Crippen molar-refractivity contribution in [3.63, 3.8) is 0 Å². The summed E-state index contributed by atoms with van der Waals surface area (Å²) < 4.78 is 0. The second-order valence-electron chi connectivity index (χ2n) is 3.07. The lowest BCUT2D eigenvalue weighted by Gasteiger charge is -2.08. The monoisotopic (exact) mass is 278 g/mol. The molecular formula is C9H8Cl2N2O4. The molecule has 0 aromatic carbocycles. The van der Waals surface area contributed by atoms with Crippen LogP contribution in [0, 0.1) is 0 Å². The number of hydrogen-bond donors (Lipinski definition) is 3. The van der Waals surface area contributed by atoms with Gasteiger partial charge in [0.2, 0.25) is 0 Å². The number of amides is 1. The maximum absolute atomic E-state index is 11.5. The van der Waals surface area contributed by atoms with Crippen LogP contribution in [-0.4, -0.2) is 39.7 Å². The van der Waals surface area contributed by atoms with Crippen LogP contribution in [0.15, 0.2) is 12.1 Å². The third-order valence-corrected chi connectivity index (χ3v) is 2.15. The van der Waals surface area contributed by atoms with E-state index in [2.05, 4.69) is 10.3 Å². The number of carbonyl (C=O) groups is 2. The highest BCUT2D eigenvalue weighted by Crippen LogP contribution is 2.14. The highest BCUT2D eigenvalue weighted by molar-refractivity contribution is 6.33. The Hall–Kier alpha value is -1.37. The molecule has 17 heavy (non-hydrogen) atoms. The molecule has 0 aliphatic heterocycles. The van der Waals surface area contributed by atoms with Crippen LogP contribution in [-0.2, 0) is 4.79 Å². The van der Waals surface area contributed by atoms with E-state index in [4.69, 9.17) is 33.4 Å². The molecule has 8 heteroatoms. The summed E-state index contributed by atoms with van der Waals surface area (Å²) in [7, 11) is 0. The summed E-state index contributed by atoms with van der Waals surface area (Å²) in [6, 6.07) is 2.55. The number of carbonyl (C=O) groups excluding carboxylic acids is 1. The molecule has 1 atom stereocenters. The fraction of sp³-hybridized carbons (Fsp3) is 0.222. The number of aliphatic hydroxyl groups excluding tert-OH is 1. The SMILES string of the molecule is O=C(NC[C@H](O)C(=O)O)c1cc(Cl)nc(Cl)c1. The molecule has 0 bridgehead atoms. The number of pyridine rings is 1. The quantitative estimate of drug-likeness (QED) is 0.699. The Morgan fingerprint density at radius 1 is 1.35 bits per heavy atom. The zero-order valence-corrected chi connectivity index (χ0v) is 9.87. The first-order chi connectivity index (χ1) is 7.90. The Balaban J connectivity index is 2.67. The molecule has 3 N–H and O–H groups in total. The number of aliphatic carboxylic acids is 1. The standard InChI is InChI=1S/C9H8Cl2N2O4/c10-6-1-4(2-7(11)13-6)8(15)12-3-5(14)9(16)17/h1-2,5,14H,3H2,(H,12,15)(H,16,17)/t5-/m0/s1. The number of aromatic nitrogens is 1. The lowest BCUT2D eigenvalue weighted by atomic mass is 10.2. The summed E-state index contributed by atoms with van der Waals surface area (Å²) in [4.78, 5) is 25.5. The molecule has 1 amide bonds. The van der Waals surface area contributed by atoms with Gasteiger partial charge < -0.3 is 15.5 Å². The molecule has 0 saturated carbocycles. The van der Waals surface area contributed by atoms with Gasteiger partial charge in [-0.15, -0.1) is 0 Å². The molecule has 6 nitrogen and oxygen atoms in total. The number of nitrogens with zero attached hydrogens (tertiary/aromatic N) is 1. The van der Waals surface area contributed by atoms with E-state index in [0.29, 0.717) is 0 Å². The first kappa shape index (κ1) is 13.7. The minimum Gasteiger partial charge on any atom is -0.479 e. The van der Waals surface area contributed by atoms with Crippen molar-refractivity contribution in [2.75, 3.05) is 6.54 Å². The number of rotatable bonds is 4. The van der Waals surface area contributed by atoms with E-state index in [1.165, 1.54) is 12.1 Å². The average Bonchev–Trinajstić information content (AvgIpc) is 2.23. The Labute approximate surface area is 106 Å². The molecule has 1 heterocycles. The second kappa shape index (κ2) is 5.81. The van der Waals surface area contributed by atoms with Gasteiger partial charge in [0.05, 0.1) is 6.54 Å². The van der Waals surface area contributed by atoms with Crippen molar-refractivity contribution < 1.29 is 19.8 Å². The molecule has 0 aliphatic carbocycles. The molecule has 0 saturated heterocycles. The maximum Gasteiger partial charge on any atom is 0.334 e. The number of carboxylic acid groups (broad SMARTS) is 1. The summed E-state index contributed by atoms with van der Waals surface area (Å²) in [6.07, 6.45) is -1.66. The van der Waals surface area contributed by atoms with Crippen molar-refractivity contribution in [3.8, 4) is 0 Å². The van der Waals surface area contributed by atoms with Crippen LogP contribution >= 0.6 is 23.2 Å². The molecular weight excluding hydrogens is 271 g/mol. The van der Waals surface area contributed by atoms with Gasteiger partial charge in [-0.1, -0.05) is 23.2 Å². The Morgan fingerprint density at radius 3 is 2.35 bits per heavy atom. The van der Waals surface area contributed by atoms with Gasteiger partial charge >= 0.3 is 5.97 Å². The van der Waals surface area contributed by atoms with Gasteiger partial charge in [0, 0.05) is 5.56 Å². The van der Waals surface area contributed by atoms with Gasteiger partial charge in [0.1, 0.15) is 10.3 Å². The lowest BCUT2D eigenvalue weighted by molar-refractivity contribution is -0.146. The van der Waals surface area contributed by atoms with E-state index in [9.17, 15) is 9.59 Å². The number of aliphatic hydroxyl groups is 1. The third-order valence-electron chi connectivity index (χ3n) is 1.77. The molecule has 0 spiro atoms. The van der Waals surface area contributed by atoms with Crippen LogP contribution in [0.5, 0.6) is 0 Å². The van der Waals surface area contributed by atoms with Crippen LogP contribution in [0.3, 0.4) is 0 Å². The summed E-state index contributed by atoms with van der Waals surface area (Å²) in [6.45, 7) is -0.411. The highest BCUT2D eigenvalue weighted by Gasteiger charge is 2.15. The summed E-state index contributed by atoms with van der Waals surface area (Å²) >= 11 is 11.2. The smallest absolute Gasteiger partial charge is 0.334 e. The maximum atomic E-state index is 11.5. The van der Waals surface area contributed by atoms with Gasteiger partial charge in [-0.3, -0.25) is 4.79 Å². The van der Waals surface area contributed by atoms with Gasteiger partial charge in [-0.25, -0.2) is 9.78 Å². The van der Waals surface area contributed by atoms with Crippen LogP contribution < -0.4 is 5.32 Å². The molecule has 0 fully saturated rings. The van der Waals surface area contributed by atoms with E-state index in [0.717, 1.165) is 0 Å². The van der Waals surface area contributed by atoms with E-state index in [1.54, 1.807) is 0 Å². The molecule has 0 radical (unpaired) electrons.